The van der Waals surface area contributed by atoms with Crippen LogP contribution in [0.4, 0.5) is 5.95 Å². The van der Waals surface area contributed by atoms with Gasteiger partial charge in [0.1, 0.15) is 6.54 Å². The molecule has 1 aromatic heterocycles. The zero-order chi connectivity index (χ0) is 12.1. The minimum absolute atomic E-state index is 0.0341. The zero-order valence-corrected chi connectivity index (χ0v) is 10.6. The van der Waals surface area contributed by atoms with Gasteiger partial charge in [0.15, 0.2) is 5.16 Å². The van der Waals surface area contributed by atoms with Gasteiger partial charge in [-0.3, -0.25) is 9.36 Å². The summed E-state index contributed by atoms with van der Waals surface area (Å²) in [6.45, 7) is 5.51. The number of rotatable bonds is 5. The number of nitrogens with zero attached hydrogens (tertiary/aromatic N) is 4. The molecular formula is C9H17N5OS. The van der Waals surface area contributed by atoms with E-state index in [0.29, 0.717) is 18.2 Å². The summed E-state index contributed by atoms with van der Waals surface area (Å²) in [5.74, 6) is 0.316. The molecule has 1 amide bonds. The molecule has 90 valence electrons. The van der Waals surface area contributed by atoms with Gasteiger partial charge in [0.2, 0.25) is 11.9 Å². The Labute approximate surface area is 99.2 Å². The molecule has 0 saturated carbocycles. The highest BCUT2D eigenvalue weighted by atomic mass is 32.2. The van der Waals surface area contributed by atoms with Crippen molar-refractivity contribution < 1.29 is 4.79 Å². The molecular weight excluding hydrogens is 226 g/mol. The number of anilines is 1. The van der Waals surface area contributed by atoms with Gasteiger partial charge in [-0.05, 0) is 20.1 Å². The van der Waals surface area contributed by atoms with Crippen LogP contribution >= 0.6 is 11.8 Å². The van der Waals surface area contributed by atoms with Gasteiger partial charge in [-0.15, -0.1) is 10.2 Å². The van der Waals surface area contributed by atoms with E-state index < -0.39 is 0 Å². The number of carbonyl (C=O) groups excluding carboxylic acids is 1. The molecule has 0 aliphatic carbocycles. The number of thioether (sulfide) groups is 1. The van der Waals surface area contributed by atoms with Crippen LogP contribution in [0.3, 0.4) is 0 Å². The van der Waals surface area contributed by atoms with Crippen LogP contribution in [0.2, 0.25) is 0 Å². The quantitative estimate of drug-likeness (QED) is 0.760. The van der Waals surface area contributed by atoms with E-state index in [9.17, 15) is 4.79 Å². The third-order valence-corrected chi connectivity index (χ3v) is 3.00. The maximum absolute atomic E-state index is 11.9. The van der Waals surface area contributed by atoms with Crippen LogP contribution in [0.25, 0.3) is 0 Å². The van der Waals surface area contributed by atoms with E-state index >= 15 is 0 Å². The fraction of sp³-hybridized carbons (Fsp3) is 0.667. The molecule has 0 radical (unpaired) electrons. The Kier molecular flexibility index (Phi) is 4.60. The molecule has 0 aliphatic rings. The number of hydrogen-bond donors (Lipinski definition) is 1. The van der Waals surface area contributed by atoms with Crippen LogP contribution in [0.1, 0.15) is 13.8 Å². The summed E-state index contributed by atoms with van der Waals surface area (Å²) in [6.07, 6.45) is 1.88. The lowest BCUT2D eigenvalue weighted by Crippen LogP contribution is -2.33. The van der Waals surface area contributed by atoms with Crippen LogP contribution in [0, 0.1) is 0 Å². The van der Waals surface area contributed by atoms with Gasteiger partial charge >= 0.3 is 0 Å². The van der Waals surface area contributed by atoms with Gasteiger partial charge in [0.25, 0.3) is 0 Å². The summed E-state index contributed by atoms with van der Waals surface area (Å²) in [4.78, 5) is 13.6. The lowest BCUT2D eigenvalue weighted by atomic mass is 10.4. The fourth-order valence-electron chi connectivity index (χ4n) is 1.41. The van der Waals surface area contributed by atoms with Crippen molar-refractivity contribution in [2.45, 2.75) is 25.5 Å². The van der Waals surface area contributed by atoms with Gasteiger partial charge in [-0.1, -0.05) is 11.8 Å². The van der Waals surface area contributed by atoms with Crippen LogP contribution < -0.4 is 5.73 Å². The second-order valence-corrected chi connectivity index (χ2v) is 3.97. The van der Waals surface area contributed by atoms with Crippen molar-refractivity contribution in [1.82, 2.24) is 19.7 Å². The van der Waals surface area contributed by atoms with Gasteiger partial charge in [0.05, 0.1) is 0 Å². The Morgan fingerprint density at radius 3 is 2.56 bits per heavy atom. The van der Waals surface area contributed by atoms with E-state index in [2.05, 4.69) is 10.2 Å². The topological polar surface area (TPSA) is 77.0 Å². The van der Waals surface area contributed by atoms with Gasteiger partial charge < -0.3 is 10.6 Å². The van der Waals surface area contributed by atoms with Crippen molar-refractivity contribution >= 4 is 23.6 Å². The summed E-state index contributed by atoms with van der Waals surface area (Å²) in [5.41, 5.74) is 5.65. The number of nitrogen functional groups attached to an aromatic ring is 1. The third-order valence-electron chi connectivity index (χ3n) is 2.34. The monoisotopic (exact) mass is 243 g/mol. The fourth-order valence-corrected chi connectivity index (χ4v) is 1.91. The van der Waals surface area contributed by atoms with E-state index in [1.54, 1.807) is 9.47 Å². The average molecular weight is 243 g/mol. The maximum Gasteiger partial charge on any atom is 0.242 e. The van der Waals surface area contributed by atoms with Crippen molar-refractivity contribution in [3.63, 3.8) is 0 Å². The Hall–Kier alpha value is -1.24. The molecule has 1 heterocycles. The highest BCUT2D eigenvalue weighted by molar-refractivity contribution is 7.98. The zero-order valence-electron chi connectivity index (χ0n) is 9.80. The Morgan fingerprint density at radius 1 is 1.44 bits per heavy atom. The summed E-state index contributed by atoms with van der Waals surface area (Å²) in [5, 5.41) is 8.29. The average Bonchev–Trinajstić information content (AvgIpc) is 2.62. The molecule has 16 heavy (non-hydrogen) atoms. The smallest absolute Gasteiger partial charge is 0.242 e. The molecule has 1 aromatic rings. The Morgan fingerprint density at radius 2 is 2.06 bits per heavy atom. The van der Waals surface area contributed by atoms with E-state index in [1.807, 2.05) is 20.1 Å². The number of hydrogen-bond acceptors (Lipinski definition) is 5. The van der Waals surface area contributed by atoms with Crippen LogP contribution in [0.15, 0.2) is 5.16 Å². The molecule has 0 aliphatic heterocycles. The second kappa shape index (κ2) is 5.74. The predicted molar refractivity (Wildman–Crippen MR) is 64.1 cm³/mol. The van der Waals surface area contributed by atoms with E-state index in [4.69, 9.17) is 5.73 Å². The molecule has 0 unspecified atom stereocenters. The molecule has 2 N–H and O–H groups in total. The first kappa shape index (κ1) is 12.8. The lowest BCUT2D eigenvalue weighted by Gasteiger charge is -2.19. The van der Waals surface area contributed by atoms with E-state index in [-0.39, 0.29) is 18.4 Å². The summed E-state index contributed by atoms with van der Waals surface area (Å²) in [6, 6.07) is 0. The predicted octanol–water partition coefficient (Wildman–Crippen LogP) is 0.451. The largest absolute Gasteiger partial charge is 0.368 e. The lowest BCUT2D eigenvalue weighted by molar-refractivity contribution is -0.131. The minimum Gasteiger partial charge on any atom is -0.368 e. The van der Waals surface area contributed by atoms with E-state index in [1.165, 1.54) is 11.8 Å². The van der Waals surface area contributed by atoms with Gasteiger partial charge in [0, 0.05) is 13.1 Å². The molecule has 7 heteroatoms. The molecule has 0 fully saturated rings. The molecule has 0 saturated heterocycles. The highest BCUT2D eigenvalue weighted by Gasteiger charge is 2.15. The van der Waals surface area contributed by atoms with Crippen molar-refractivity contribution in [2.24, 2.45) is 0 Å². The summed E-state index contributed by atoms with van der Waals surface area (Å²) < 4.78 is 1.63. The molecule has 0 bridgehead atoms. The maximum atomic E-state index is 11.9. The van der Waals surface area contributed by atoms with Crippen LogP contribution in [-0.2, 0) is 11.3 Å². The molecule has 0 atom stereocenters. The van der Waals surface area contributed by atoms with Gasteiger partial charge in [-0.25, -0.2) is 0 Å². The SMILES string of the molecule is CCN(CC)C(=O)Cn1c(N)nnc1SC. The number of aromatic nitrogens is 3. The van der Waals surface area contributed by atoms with Gasteiger partial charge in [-0.2, -0.15) is 0 Å². The normalized spacial score (nSPS) is 10.4. The van der Waals surface area contributed by atoms with Crippen molar-refractivity contribution in [3.05, 3.63) is 0 Å². The number of nitrogens with two attached hydrogens (primary N) is 1. The number of likely N-dealkylation sites (N-methyl/N-ethyl adjacent to an activating group) is 1. The first-order chi connectivity index (χ1) is 7.63. The minimum atomic E-state index is 0.0341. The molecule has 6 nitrogen and oxygen atoms in total. The van der Waals surface area contributed by atoms with Crippen molar-refractivity contribution in [2.75, 3.05) is 25.1 Å². The standard InChI is InChI=1S/C9H17N5OS/c1-4-13(5-2)7(15)6-14-8(10)11-12-9(14)16-3/h4-6H2,1-3H3,(H2,10,11). The van der Waals surface area contributed by atoms with Crippen molar-refractivity contribution in [1.29, 1.82) is 0 Å². The highest BCUT2D eigenvalue weighted by Crippen LogP contribution is 2.14. The first-order valence-corrected chi connectivity index (χ1v) is 6.36. The number of amides is 1. The van der Waals surface area contributed by atoms with Crippen molar-refractivity contribution in [3.8, 4) is 0 Å². The summed E-state index contributed by atoms with van der Waals surface area (Å²) >= 11 is 1.42. The van der Waals surface area contributed by atoms with Crippen LogP contribution in [-0.4, -0.2) is 44.9 Å². The first-order valence-electron chi connectivity index (χ1n) is 5.14. The van der Waals surface area contributed by atoms with Crippen LogP contribution in [0.5, 0.6) is 0 Å². The molecule has 0 spiro atoms. The molecule has 1 rings (SSSR count). The molecule has 0 aromatic carbocycles. The van der Waals surface area contributed by atoms with E-state index in [0.717, 1.165) is 0 Å². The second-order valence-electron chi connectivity index (χ2n) is 3.20. The number of carbonyl (C=O) groups is 1. The summed E-state index contributed by atoms with van der Waals surface area (Å²) in [7, 11) is 0. The Balaban J connectivity index is 2.79. The Bertz CT molecular complexity index is 361. The third kappa shape index (κ3) is 2.66.